The number of benzene rings is 1. The number of rotatable bonds is 7. The molecule has 104 valence electrons. The predicted octanol–water partition coefficient (Wildman–Crippen LogP) is 0.566. The molecule has 0 bridgehead atoms. The first-order valence-corrected chi connectivity index (χ1v) is 6.10. The van der Waals surface area contributed by atoms with Crippen molar-refractivity contribution in [3.05, 3.63) is 30.3 Å². The quantitative estimate of drug-likeness (QED) is 0.381. The van der Waals surface area contributed by atoms with Crippen molar-refractivity contribution < 1.29 is 9.53 Å². The van der Waals surface area contributed by atoms with Gasteiger partial charge in [0.25, 0.3) is 0 Å². The fourth-order valence-electron chi connectivity index (χ4n) is 1.37. The normalized spacial score (nSPS) is 11.1. The maximum Gasteiger partial charge on any atom is 0.221 e. The van der Waals surface area contributed by atoms with E-state index >= 15 is 0 Å². The summed E-state index contributed by atoms with van der Waals surface area (Å²) in [4.78, 5) is 15.4. The minimum absolute atomic E-state index is 0.0617. The van der Waals surface area contributed by atoms with Gasteiger partial charge in [-0.3, -0.25) is 9.79 Å². The number of hydrogen-bond donors (Lipinski definition) is 3. The number of para-hydroxylation sites is 1. The number of amides is 1. The van der Waals surface area contributed by atoms with E-state index in [0.29, 0.717) is 32.1 Å². The fraction of sp³-hybridized carbons (Fsp3) is 0.385. The van der Waals surface area contributed by atoms with Crippen LogP contribution in [0.1, 0.15) is 6.42 Å². The molecule has 1 rings (SSSR count). The third-order valence-corrected chi connectivity index (χ3v) is 2.30. The minimum atomic E-state index is -0.0617. The molecule has 0 aliphatic carbocycles. The molecule has 4 N–H and O–H groups in total. The maximum absolute atomic E-state index is 11.4. The van der Waals surface area contributed by atoms with E-state index in [2.05, 4.69) is 15.6 Å². The van der Waals surface area contributed by atoms with Crippen molar-refractivity contribution in [1.82, 2.24) is 5.32 Å². The van der Waals surface area contributed by atoms with E-state index in [0.717, 1.165) is 5.69 Å². The molecule has 1 aromatic rings. The molecule has 0 spiro atoms. The molecule has 1 amide bonds. The molecule has 0 heterocycles. The van der Waals surface area contributed by atoms with Gasteiger partial charge < -0.3 is 21.1 Å². The minimum Gasteiger partial charge on any atom is -0.383 e. The zero-order valence-electron chi connectivity index (χ0n) is 11.1. The van der Waals surface area contributed by atoms with Gasteiger partial charge in [0.2, 0.25) is 5.91 Å². The maximum atomic E-state index is 11.4. The molecule has 0 unspecified atom stereocenters. The van der Waals surface area contributed by atoms with Crippen molar-refractivity contribution in [3.63, 3.8) is 0 Å². The average Bonchev–Trinajstić information content (AvgIpc) is 2.40. The number of nitrogens with one attached hydrogen (secondary N) is 2. The Morgan fingerprint density at radius 2 is 2.11 bits per heavy atom. The molecule has 0 saturated carbocycles. The van der Waals surface area contributed by atoms with Crippen molar-refractivity contribution in [3.8, 4) is 0 Å². The lowest BCUT2D eigenvalue weighted by Crippen LogP contribution is -2.28. The van der Waals surface area contributed by atoms with Crippen LogP contribution in [-0.4, -0.2) is 38.7 Å². The molecule has 6 heteroatoms. The lowest BCUT2D eigenvalue weighted by Gasteiger charge is -2.05. The summed E-state index contributed by atoms with van der Waals surface area (Å²) in [5.74, 6) is 0.240. The number of guanidine groups is 1. The van der Waals surface area contributed by atoms with Gasteiger partial charge in [-0.1, -0.05) is 18.2 Å². The van der Waals surface area contributed by atoms with E-state index in [1.807, 2.05) is 30.3 Å². The molecule has 0 aliphatic heterocycles. The Morgan fingerprint density at radius 1 is 1.37 bits per heavy atom. The van der Waals surface area contributed by atoms with Gasteiger partial charge in [-0.05, 0) is 12.1 Å². The Hall–Kier alpha value is -2.08. The zero-order valence-corrected chi connectivity index (χ0v) is 11.1. The first-order chi connectivity index (χ1) is 9.22. The summed E-state index contributed by atoms with van der Waals surface area (Å²) < 4.78 is 4.83. The molecule has 0 atom stereocenters. The number of methoxy groups -OCH3 is 1. The van der Waals surface area contributed by atoms with Crippen molar-refractivity contribution in [2.75, 3.05) is 32.1 Å². The SMILES string of the molecule is COCCNC(=O)CCN=C(N)Nc1ccccc1. The van der Waals surface area contributed by atoms with Gasteiger partial charge in [-0.2, -0.15) is 0 Å². The summed E-state index contributed by atoms with van der Waals surface area (Å²) in [6, 6.07) is 9.50. The number of nitrogens with zero attached hydrogens (tertiary/aromatic N) is 1. The van der Waals surface area contributed by atoms with Crippen LogP contribution in [0.4, 0.5) is 5.69 Å². The smallest absolute Gasteiger partial charge is 0.221 e. The van der Waals surface area contributed by atoms with Crippen molar-refractivity contribution >= 4 is 17.6 Å². The molecule has 0 saturated heterocycles. The van der Waals surface area contributed by atoms with Crippen LogP contribution in [-0.2, 0) is 9.53 Å². The Kier molecular flexibility index (Phi) is 7.04. The number of anilines is 1. The van der Waals surface area contributed by atoms with E-state index in [-0.39, 0.29) is 5.91 Å². The van der Waals surface area contributed by atoms with Crippen LogP contribution < -0.4 is 16.4 Å². The highest BCUT2D eigenvalue weighted by Gasteiger charge is 1.99. The van der Waals surface area contributed by atoms with Gasteiger partial charge in [-0.15, -0.1) is 0 Å². The van der Waals surface area contributed by atoms with E-state index in [9.17, 15) is 4.79 Å². The van der Waals surface area contributed by atoms with Gasteiger partial charge >= 0.3 is 0 Å². The highest BCUT2D eigenvalue weighted by atomic mass is 16.5. The third-order valence-electron chi connectivity index (χ3n) is 2.30. The molecule has 0 radical (unpaired) electrons. The first kappa shape index (κ1) is 15.0. The number of hydrogen-bond acceptors (Lipinski definition) is 3. The summed E-state index contributed by atoms with van der Waals surface area (Å²) in [7, 11) is 1.59. The van der Waals surface area contributed by atoms with Gasteiger partial charge in [0.05, 0.1) is 13.2 Å². The summed E-state index contributed by atoms with van der Waals surface area (Å²) in [5, 5.41) is 5.66. The molecular weight excluding hydrogens is 244 g/mol. The molecule has 0 aromatic heterocycles. The van der Waals surface area contributed by atoms with E-state index in [1.54, 1.807) is 7.11 Å². The Morgan fingerprint density at radius 3 is 2.79 bits per heavy atom. The number of nitrogens with two attached hydrogens (primary N) is 1. The lowest BCUT2D eigenvalue weighted by molar-refractivity contribution is -0.121. The predicted molar refractivity (Wildman–Crippen MR) is 76.1 cm³/mol. The van der Waals surface area contributed by atoms with Gasteiger partial charge in [0, 0.05) is 25.8 Å². The van der Waals surface area contributed by atoms with Gasteiger partial charge in [-0.25, -0.2) is 0 Å². The highest BCUT2D eigenvalue weighted by Crippen LogP contribution is 2.03. The summed E-state index contributed by atoms with van der Waals surface area (Å²) in [6.45, 7) is 1.37. The summed E-state index contributed by atoms with van der Waals surface area (Å²) in [6.07, 6.45) is 0.306. The van der Waals surface area contributed by atoms with Crippen LogP contribution >= 0.6 is 0 Å². The summed E-state index contributed by atoms with van der Waals surface area (Å²) in [5.41, 5.74) is 6.57. The Labute approximate surface area is 113 Å². The van der Waals surface area contributed by atoms with Crippen molar-refractivity contribution in [2.45, 2.75) is 6.42 Å². The van der Waals surface area contributed by atoms with Crippen LogP contribution in [0.15, 0.2) is 35.3 Å². The fourth-order valence-corrected chi connectivity index (χ4v) is 1.37. The van der Waals surface area contributed by atoms with E-state index in [4.69, 9.17) is 10.5 Å². The molecule has 0 aliphatic rings. The van der Waals surface area contributed by atoms with Crippen LogP contribution in [0.2, 0.25) is 0 Å². The average molecular weight is 264 g/mol. The standard InChI is InChI=1S/C13H20N4O2/c1-19-10-9-15-12(18)7-8-16-13(14)17-11-5-3-2-4-6-11/h2-6H,7-10H2,1H3,(H,15,18)(H3,14,16,17). The molecule has 19 heavy (non-hydrogen) atoms. The second-order valence-electron chi connectivity index (χ2n) is 3.85. The van der Waals surface area contributed by atoms with Gasteiger partial charge in [0.1, 0.15) is 0 Å². The summed E-state index contributed by atoms with van der Waals surface area (Å²) >= 11 is 0. The highest BCUT2D eigenvalue weighted by molar-refractivity contribution is 5.92. The third kappa shape index (κ3) is 7.05. The molecule has 6 nitrogen and oxygen atoms in total. The molecule has 1 aromatic carbocycles. The van der Waals surface area contributed by atoms with Crippen molar-refractivity contribution in [2.24, 2.45) is 10.7 Å². The van der Waals surface area contributed by atoms with E-state index in [1.165, 1.54) is 0 Å². The topological polar surface area (TPSA) is 88.7 Å². The van der Waals surface area contributed by atoms with Crippen LogP contribution in [0, 0.1) is 0 Å². The molecule has 0 fully saturated rings. The number of ether oxygens (including phenoxy) is 1. The van der Waals surface area contributed by atoms with Gasteiger partial charge in [0.15, 0.2) is 5.96 Å². The first-order valence-electron chi connectivity index (χ1n) is 6.10. The van der Waals surface area contributed by atoms with Crippen LogP contribution in [0.3, 0.4) is 0 Å². The largest absolute Gasteiger partial charge is 0.383 e. The number of carbonyl (C=O) groups excluding carboxylic acids is 1. The Balaban J connectivity index is 2.23. The lowest BCUT2D eigenvalue weighted by atomic mass is 10.3. The number of aliphatic imine (C=N–C) groups is 1. The molecular formula is C13H20N4O2. The zero-order chi connectivity index (χ0) is 13.9. The second kappa shape index (κ2) is 8.93. The number of carbonyl (C=O) groups is 1. The monoisotopic (exact) mass is 264 g/mol. The second-order valence-corrected chi connectivity index (χ2v) is 3.85. The van der Waals surface area contributed by atoms with E-state index < -0.39 is 0 Å². The van der Waals surface area contributed by atoms with Crippen LogP contribution in [0.25, 0.3) is 0 Å². The van der Waals surface area contributed by atoms with Crippen LogP contribution in [0.5, 0.6) is 0 Å². The Bertz CT molecular complexity index is 406. The van der Waals surface area contributed by atoms with Crippen molar-refractivity contribution in [1.29, 1.82) is 0 Å².